The Kier molecular flexibility index (Phi) is 4.03. The quantitative estimate of drug-likeness (QED) is 0.772. The fraction of sp³-hybridized carbons (Fsp3) is 0.429. The monoisotopic (exact) mass is 260 g/mol. The van der Waals surface area contributed by atoms with E-state index in [1.54, 1.807) is 12.1 Å². The van der Waals surface area contributed by atoms with Crippen LogP contribution in [0.15, 0.2) is 18.2 Å². The van der Waals surface area contributed by atoms with E-state index in [2.05, 4.69) is 5.32 Å². The van der Waals surface area contributed by atoms with Crippen molar-refractivity contribution in [3.63, 3.8) is 0 Å². The number of nitrogens with zero attached hydrogens (tertiary/aromatic N) is 1. The molecule has 1 fully saturated rings. The molecule has 5 heteroatoms. The molecule has 0 aliphatic heterocycles. The first-order valence-electron chi connectivity index (χ1n) is 6.32. The van der Waals surface area contributed by atoms with E-state index in [4.69, 9.17) is 10.4 Å². The second kappa shape index (κ2) is 5.72. The van der Waals surface area contributed by atoms with E-state index in [1.165, 1.54) is 6.07 Å². The van der Waals surface area contributed by atoms with Gasteiger partial charge in [-0.1, -0.05) is 0 Å². The highest BCUT2D eigenvalue weighted by Gasteiger charge is 2.21. The van der Waals surface area contributed by atoms with Crippen LogP contribution in [0.1, 0.15) is 41.6 Å². The summed E-state index contributed by atoms with van der Waals surface area (Å²) in [5.41, 5.74) is 0.986. The summed E-state index contributed by atoms with van der Waals surface area (Å²) < 4.78 is 0. The maximum absolute atomic E-state index is 11.2. The van der Waals surface area contributed by atoms with Crippen molar-refractivity contribution in [3.05, 3.63) is 29.3 Å². The number of aliphatic hydroxyl groups excluding tert-OH is 1. The molecular formula is C14H16N2O3. The lowest BCUT2D eigenvalue weighted by Crippen LogP contribution is -2.28. The molecule has 100 valence electrons. The third-order valence-corrected chi connectivity index (χ3v) is 3.44. The number of carbonyl (C=O) groups is 1. The minimum Gasteiger partial charge on any atom is -0.478 e. The molecule has 0 radical (unpaired) electrons. The Morgan fingerprint density at radius 1 is 1.32 bits per heavy atom. The summed E-state index contributed by atoms with van der Waals surface area (Å²) in [5.74, 6) is -1.05. The number of nitrogens with one attached hydrogen (secondary N) is 1. The summed E-state index contributed by atoms with van der Waals surface area (Å²) >= 11 is 0. The number of nitriles is 1. The number of aliphatic hydroxyl groups is 1. The highest BCUT2D eigenvalue weighted by Crippen LogP contribution is 2.25. The van der Waals surface area contributed by atoms with Crippen LogP contribution in [-0.4, -0.2) is 28.3 Å². The van der Waals surface area contributed by atoms with Gasteiger partial charge in [0, 0.05) is 11.7 Å². The molecule has 0 heterocycles. The summed E-state index contributed by atoms with van der Waals surface area (Å²) in [5, 5.41) is 30.6. The molecule has 0 bridgehead atoms. The Hall–Kier alpha value is -2.06. The van der Waals surface area contributed by atoms with Gasteiger partial charge in [-0.05, 0) is 43.9 Å². The van der Waals surface area contributed by atoms with Crippen molar-refractivity contribution in [1.82, 2.24) is 0 Å². The number of benzene rings is 1. The van der Waals surface area contributed by atoms with Crippen LogP contribution in [0.25, 0.3) is 0 Å². The summed E-state index contributed by atoms with van der Waals surface area (Å²) in [6, 6.07) is 6.72. The van der Waals surface area contributed by atoms with Crippen LogP contribution < -0.4 is 5.32 Å². The number of carboxylic acids is 1. The smallest absolute Gasteiger partial charge is 0.337 e. The van der Waals surface area contributed by atoms with Crippen molar-refractivity contribution in [2.45, 2.75) is 37.8 Å². The lowest BCUT2D eigenvalue weighted by molar-refractivity contribution is 0.0697. The zero-order valence-corrected chi connectivity index (χ0v) is 10.5. The van der Waals surface area contributed by atoms with Crippen LogP contribution in [0, 0.1) is 11.3 Å². The van der Waals surface area contributed by atoms with Crippen molar-refractivity contribution < 1.29 is 15.0 Å². The van der Waals surface area contributed by atoms with E-state index < -0.39 is 5.97 Å². The maximum Gasteiger partial charge on any atom is 0.337 e. The molecule has 2 rings (SSSR count). The second-order valence-electron chi connectivity index (χ2n) is 4.83. The molecule has 1 saturated carbocycles. The fourth-order valence-electron chi connectivity index (χ4n) is 2.36. The molecule has 1 aliphatic carbocycles. The number of hydrogen-bond acceptors (Lipinski definition) is 4. The van der Waals surface area contributed by atoms with E-state index in [0.717, 1.165) is 25.7 Å². The van der Waals surface area contributed by atoms with Crippen molar-refractivity contribution in [2.75, 3.05) is 5.32 Å². The average molecular weight is 260 g/mol. The fourth-order valence-corrected chi connectivity index (χ4v) is 2.36. The molecule has 1 aliphatic rings. The van der Waals surface area contributed by atoms with Gasteiger partial charge in [-0.25, -0.2) is 4.79 Å². The van der Waals surface area contributed by atoms with E-state index in [-0.39, 0.29) is 17.7 Å². The topological polar surface area (TPSA) is 93.4 Å². The summed E-state index contributed by atoms with van der Waals surface area (Å²) in [6.45, 7) is 0. The zero-order chi connectivity index (χ0) is 13.8. The first-order chi connectivity index (χ1) is 9.10. The SMILES string of the molecule is N#Cc1ccc(N[C@H]2CC[C@@H](O)CC2)c(C(=O)O)c1. The third kappa shape index (κ3) is 3.24. The molecule has 5 nitrogen and oxygen atoms in total. The third-order valence-electron chi connectivity index (χ3n) is 3.44. The van der Waals surface area contributed by atoms with Gasteiger partial charge >= 0.3 is 5.97 Å². The van der Waals surface area contributed by atoms with Crippen molar-refractivity contribution >= 4 is 11.7 Å². The standard InChI is InChI=1S/C14H16N2O3/c15-8-9-1-6-13(12(7-9)14(18)19)16-10-2-4-11(17)5-3-10/h1,6-7,10-11,16-17H,2-5H2,(H,18,19)/t10-,11+. The van der Waals surface area contributed by atoms with Gasteiger partial charge in [0.25, 0.3) is 0 Å². The predicted molar refractivity (Wildman–Crippen MR) is 70.0 cm³/mol. The van der Waals surface area contributed by atoms with Gasteiger partial charge in [0.2, 0.25) is 0 Å². The molecule has 1 aromatic carbocycles. The number of hydrogen-bond donors (Lipinski definition) is 3. The molecule has 0 saturated heterocycles. The minimum absolute atomic E-state index is 0.116. The van der Waals surface area contributed by atoms with Gasteiger partial charge in [0.15, 0.2) is 0 Å². The minimum atomic E-state index is -1.05. The number of aromatic carboxylic acids is 1. The second-order valence-corrected chi connectivity index (χ2v) is 4.83. The van der Waals surface area contributed by atoms with Crippen LogP contribution in [0.4, 0.5) is 5.69 Å². The molecule has 0 unspecified atom stereocenters. The molecule has 1 aromatic rings. The van der Waals surface area contributed by atoms with Gasteiger partial charge in [-0.2, -0.15) is 5.26 Å². The maximum atomic E-state index is 11.2. The zero-order valence-electron chi connectivity index (χ0n) is 10.5. The summed E-state index contributed by atoms with van der Waals surface area (Å²) in [6.07, 6.45) is 2.87. The van der Waals surface area contributed by atoms with Crippen molar-refractivity contribution in [2.24, 2.45) is 0 Å². The summed E-state index contributed by atoms with van der Waals surface area (Å²) in [7, 11) is 0. The molecule has 19 heavy (non-hydrogen) atoms. The van der Waals surface area contributed by atoms with Crippen molar-refractivity contribution in [3.8, 4) is 6.07 Å². The van der Waals surface area contributed by atoms with Gasteiger partial charge in [0.05, 0.1) is 23.3 Å². The highest BCUT2D eigenvalue weighted by molar-refractivity contribution is 5.94. The van der Waals surface area contributed by atoms with Gasteiger partial charge in [0.1, 0.15) is 0 Å². The predicted octanol–water partition coefficient (Wildman–Crippen LogP) is 1.97. The van der Waals surface area contributed by atoms with Crippen LogP contribution in [-0.2, 0) is 0 Å². The first kappa shape index (κ1) is 13.4. The molecule has 0 atom stereocenters. The molecule has 3 N–H and O–H groups in total. The van der Waals surface area contributed by atoms with Crippen LogP contribution >= 0.6 is 0 Å². The lowest BCUT2D eigenvalue weighted by Gasteiger charge is -2.27. The van der Waals surface area contributed by atoms with Crippen LogP contribution in [0.5, 0.6) is 0 Å². The molecule has 0 amide bonds. The number of anilines is 1. The van der Waals surface area contributed by atoms with Gasteiger partial charge in [-0.3, -0.25) is 0 Å². The van der Waals surface area contributed by atoms with E-state index in [9.17, 15) is 9.90 Å². The summed E-state index contributed by atoms with van der Waals surface area (Å²) in [4.78, 5) is 11.2. The Morgan fingerprint density at radius 2 is 2.00 bits per heavy atom. The largest absolute Gasteiger partial charge is 0.478 e. The Morgan fingerprint density at radius 3 is 2.58 bits per heavy atom. The normalized spacial score (nSPS) is 22.5. The van der Waals surface area contributed by atoms with E-state index in [0.29, 0.717) is 11.3 Å². The Balaban J connectivity index is 2.16. The van der Waals surface area contributed by atoms with Gasteiger partial charge < -0.3 is 15.5 Å². The molecule has 0 aromatic heterocycles. The van der Waals surface area contributed by atoms with Crippen LogP contribution in [0.3, 0.4) is 0 Å². The van der Waals surface area contributed by atoms with Crippen molar-refractivity contribution in [1.29, 1.82) is 5.26 Å². The van der Waals surface area contributed by atoms with E-state index >= 15 is 0 Å². The Bertz CT molecular complexity index is 514. The lowest BCUT2D eigenvalue weighted by atomic mass is 9.92. The average Bonchev–Trinajstić information content (AvgIpc) is 2.41. The number of carboxylic acid groups (broad SMARTS) is 1. The first-order valence-corrected chi connectivity index (χ1v) is 6.32. The highest BCUT2D eigenvalue weighted by atomic mass is 16.4. The molecular weight excluding hydrogens is 244 g/mol. The number of rotatable bonds is 3. The molecule has 0 spiro atoms. The van der Waals surface area contributed by atoms with E-state index in [1.807, 2.05) is 6.07 Å². The van der Waals surface area contributed by atoms with Crippen LogP contribution in [0.2, 0.25) is 0 Å². The van der Waals surface area contributed by atoms with Gasteiger partial charge in [-0.15, -0.1) is 0 Å². The Labute approximate surface area is 111 Å².